The van der Waals surface area contributed by atoms with Gasteiger partial charge in [0, 0.05) is 6.42 Å². The van der Waals surface area contributed by atoms with Crippen molar-refractivity contribution in [1.29, 1.82) is 0 Å². The summed E-state index contributed by atoms with van der Waals surface area (Å²) in [4.78, 5) is 23.1. The van der Waals surface area contributed by atoms with E-state index in [1.54, 1.807) is 0 Å². The van der Waals surface area contributed by atoms with E-state index in [-0.39, 0.29) is 12.3 Å². The Labute approximate surface area is 125 Å². The van der Waals surface area contributed by atoms with Crippen LogP contribution in [0.1, 0.15) is 31.4 Å². The van der Waals surface area contributed by atoms with Crippen molar-refractivity contribution in [1.82, 2.24) is 5.32 Å². The molecular formula is C16H23NO4. The van der Waals surface area contributed by atoms with Crippen LogP contribution in [-0.2, 0) is 16.0 Å². The van der Waals surface area contributed by atoms with E-state index < -0.39 is 24.0 Å². The Morgan fingerprint density at radius 1 is 1.19 bits per heavy atom. The molecule has 5 heteroatoms. The number of aryl methyl sites for hydroxylation is 1. The zero-order valence-electron chi connectivity index (χ0n) is 12.7. The summed E-state index contributed by atoms with van der Waals surface area (Å²) in [6.45, 7) is 5.72. The number of aliphatic hydroxyl groups excluding tert-OH is 1. The molecule has 21 heavy (non-hydrogen) atoms. The van der Waals surface area contributed by atoms with Crippen molar-refractivity contribution in [2.24, 2.45) is 5.92 Å². The molecule has 0 bridgehead atoms. The van der Waals surface area contributed by atoms with Gasteiger partial charge in [0.05, 0.1) is 0 Å². The SMILES string of the molecule is Cc1ccc(C[C@@H](NC(=O)[C@H](O)CC(C)C)C(=O)O)cc1. The highest BCUT2D eigenvalue weighted by molar-refractivity contribution is 5.86. The number of carboxylic acids is 1. The van der Waals surface area contributed by atoms with Gasteiger partial charge in [0.15, 0.2) is 0 Å². The normalized spacial score (nSPS) is 13.8. The van der Waals surface area contributed by atoms with Crippen molar-refractivity contribution in [2.45, 2.75) is 45.8 Å². The molecule has 2 atom stereocenters. The second kappa shape index (κ2) is 7.78. The third-order valence-corrected chi connectivity index (χ3v) is 3.17. The van der Waals surface area contributed by atoms with Crippen LogP contribution in [0.2, 0.25) is 0 Å². The van der Waals surface area contributed by atoms with Gasteiger partial charge in [0.25, 0.3) is 0 Å². The minimum atomic E-state index is -1.18. The van der Waals surface area contributed by atoms with Gasteiger partial charge in [0.1, 0.15) is 12.1 Å². The molecule has 0 aliphatic heterocycles. The summed E-state index contributed by atoms with van der Waals surface area (Å²) >= 11 is 0. The molecule has 116 valence electrons. The van der Waals surface area contributed by atoms with E-state index in [0.29, 0.717) is 6.42 Å². The first-order chi connectivity index (χ1) is 9.79. The lowest BCUT2D eigenvalue weighted by molar-refractivity contribution is -0.143. The van der Waals surface area contributed by atoms with Crippen molar-refractivity contribution in [3.63, 3.8) is 0 Å². The van der Waals surface area contributed by atoms with E-state index in [0.717, 1.165) is 11.1 Å². The van der Waals surface area contributed by atoms with Crippen LogP contribution in [0.4, 0.5) is 0 Å². The van der Waals surface area contributed by atoms with Crippen LogP contribution < -0.4 is 5.32 Å². The highest BCUT2D eigenvalue weighted by Gasteiger charge is 2.24. The van der Waals surface area contributed by atoms with Gasteiger partial charge in [-0.05, 0) is 24.8 Å². The molecule has 0 aliphatic carbocycles. The third-order valence-electron chi connectivity index (χ3n) is 3.17. The number of aliphatic hydroxyl groups is 1. The molecule has 0 aromatic heterocycles. The number of carbonyl (C=O) groups is 2. The lowest BCUT2D eigenvalue weighted by atomic mass is 10.0. The molecule has 1 aromatic carbocycles. The van der Waals surface area contributed by atoms with Gasteiger partial charge in [-0.1, -0.05) is 43.7 Å². The predicted octanol–water partition coefficient (Wildman–Crippen LogP) is 1.51. The van der Waals surface area contributed by atoms with Crippen molar-refractivity contribution in [3.8, 4) is 0 Å². The zero-order chi connectivity index (χ0) is 16.0. The fourth-order valence-corrected chi connectivity index (χ4v) is 1.98. The minimum absolute atomic E-state index is 0.158. The monoisotopic (exact) mass is 293 g/mol. The number of aliphatic carboxylic acids is 1. The largest absolute Gasteiger partial charge is 0.480 e. The van der Waals surface area contributed by atoms with E-state index in [1.807, 2.05) is 45.0 Å². The summed E-state index contributed by atoms with van der Waals surface area (Å²) in [7, 11) is 0. The molecule has 0 fully saturated rings. The second-order valence-corrected chi connectivity index (χ2v) is 5.73. The number of hydrogen-bond acceptors (Lipinski definition) is 3. The van der Waals surface area contributed by atoms with E-state index in [2.05, 4.69) is 5.32 Å². The number of carboxylic acid groups (broad SMARTS) is 1. The number of rotatable bonds is 7. The van der Waals surface area contributed by atoms with Crippen molar-refractivity contribution < 1.29 is 19.8 Å². The maximum atomic E-state index is 11.8. The van der Waals surface area contributed by atoms with Crippen LogP contribution in [-0.4, -0.2) is 34.2 Å². The number of carbonyl (C=O) groups excluding carboxylic acids is 1. The molecule has 5 nitrogen and oxygen atoms in total. The molecule has 0 spiro atoms. The van der Waals surface area contributed by atoms with Crippen molar-refractivity contribution >= 4 is 11.9 Å². The Bertz CT molecular complexity index is 482. The Balaban J connectivity index is 2.67. The van der Waals surface area contributed by atoms with Gasteiger partial charge in [-0.2, -0.15) is 0 Å². The Hall–Kier alpha value is -1.88. The maximum Gasteiger partial charge on any atom is 0.326 e. The molecule has 1 aromatic rings. The van der Waals surface area contributed by atoms with E-state index in [4.69, 9.17) is 0 Å². The van der Waals surface area contributed by atoms with Crippen LogP contribution in [0.5, 0.6) is 0 Å². The number of hydrogen-bond donors (Lipinski definition) is 3. The fourth-order valence-electron chi connectivity index (χ4n) is 1.98. The zero-order valence-corrected chi connectivity index (χ0v) is 12.7. The smallest absolute Gasteiger partial charge is 0.326 e. The first-order valence-corrected chi connectivity index (χ1v) is 7.06. The molecule has 0 radical (unpaired) electrons. The summed E-state index contributed by atoms with van der Waals surface area (Å²) in [5.41, 5.74) is 1.91. The topological polar surface area (TPSA) is 86.6 Å². The lowest BCUT2D eigenvalue weighted by Crippen LogP contribution is -2.46. The first-order valence-electron chi connectivity index (χ1n) is 7.06. The number of benzene rings is 1. The van der Waals surface area contributed by atoms with Crippen molar-refractivity contribution in [2.75, 3.05) is 0 Å². The van der Waals surface area contributed by atoms with Gasteiger partial charge in [-0.25, -0.2) is 4.79 Å². The average Bonchev–Trinajstić information content (AvgIpc) is 2.39. The lowest BCUT2D eigenvalue weighted by Gasteiger charge is -2.18. The standard InChI is InChI=1S/C16H23NO4/c1-10(2)8-14(18)15(19)17-13(16(20)21)9-12-6-4-11(3)5-7-12/h4-7,10,13-14,18H,8-9H2,1-3H3,(H,17,19)(H,20,21)/t13-,14-/m1/s1. The predicted molar refractivity (Wildman–Crippen MR) is 79.9 cm³/mol. The highest BCUT2D eigenvalue weighted by Crippen LogP contribution is 2.08. The summed E-state index contributed by atoms with van der Waals surface area (Å²) in [5.74, 6) is -1.59. The van der Waals surface area contributed by atoms with Gasteiger partial charge in [-0.3, -0.25) is 4.79 Å². The number of amides is 1. The van der Waals surface area contributed by atoms with Crippen LogP contribution >= 0.6 is 0 Å². The van der Waals surface area contributed by atoms with E-state index >= 15 is 0 Å². The van der Waals surface area contributed by atoms with Gasteiger partial charge < -0.3 is 15.5 Å². The third kappa shape index (κ3) is 5.95. The molecule has 0 saturated heterocycles. The quantitative estimate of drug-likeness (QED) is 0.711. The van der Waals surface area contributed by atoms with Crippen LogP contribution in [0, 0.1) is 12.8 Å². The molecular weight excluding hydrogens is 270 g/mol. The van der Waals surface area contributed by atoms with Crippen LogP contribution in [0.25, 0.3) is 0 Å². The Kier molecular flexibility index (Phi) is 6.37. The summed E-state index contributed by atoms with van der Waals surface area (Å²) in [5, 5.41) is 21.3. The Morgan fingerprint density at radius 3 is 2.24 bits per heavy atom. The van der Waals surface area contributed by atoms with Crippen LogP contribution in [0.15, 0.2) is 24.3 Å². The highest BCUT2D eigenvalue weighted by atomic mass is 16.4. The maximum absolute atomic E-state index is 11.8. The first kappa shape index (κ1) is 17.2. The molecule has 0 aliphatic rings. The molecule has 1 amide bonds. The number of nitrogens with one attached hydrogen (secondary N) is 1. The van der Waals surface area contributed by atoms with Gasteiger partial charge in [-0.15, -0.1) is 0 Å². The summed E-state index contributed by atoms with van der Waals surface area (Å²) in [6.07, 6.45) is -0.678. The molecule has 3 N–H and O–H groups in total. The minimum Gasteiger partial charge on any atom is -0.480 e. The fraction of sp³-hybridized carbons (Fsp3) is 0.500. The molecule has 0 heterocycles. The second-order valence-electron chi connectivity index (χ2n) is 5.73. The van der Waals surface area contributed by atoms with E-state index in [9.17, 15) is 19.8 Å². The Morgan fingerprint density at radius 2 is 1.76 bits per heavy atom. The van der Waals surface area contributed by atoms with E-state index in [1.165, 1.54) is 0 Å². The van der Waals surface area contributed by atoms with Crippen molar-refractivity contribution in [3.05, 3.63) is 35.4 Å². The summed E-state index contributed by atoms with van der Waals surface area (Å²) < 4.78 is 0. The molecule has 1 rings (SSSR count). The summed E-state index contributed by atoms with van der Waals surface area (Å²) in [6, 6.07) is 6.42. The molecule has 0 saturated carbocycles. The van der Waals surface area contributed by atoms with Gasteiger partial charge in [0.2, 0.25) is 5.91 Å². The van der Waals surface area contributed by atoms with Gasteiger partial charge >= 0.3 is 5.97 Å². The molecule has 0 unspecified atom stereocenters. The average molecular weight is 293 g/mol. The van der Waals surface area contributed by atoms with Crippen LogP contribution in [0.3, 0.4) is 0 Å².